The van der Waals surface area contributed by atoms with Gasteiger partial charge in [0.15, 0.2) is 5.76 Å². The molecule has 1 atom stereocenters. The third kappa shape index (κ3) is 7.69. The zero-order valence-electron chi connectivity index (χ0n) is 26.1. The van der Waals surface area contributed by atoms with E-state index in [0.717, 1.165) is 24.8 Å². The van der Waals surface area contributed by atoms with Crippen molar-refractivity contribution < 1.29 is 24.2 Å². The molecule has 1 unspecified atom stereocenters. The highest BCUT2D eigenvalue weighted by atomic mass is 16.5. The fourth-order valence-electron chi connectivity index (χ4n) is 5.75. The SMILES string of the molecule is CCCCCCN(CC1=C(O)C(=O)CC=C1c1ccccc1)C(=O)Cn1c(-c2ccccc2)ncc(NC(=O)C2CCOC2)c1=O. The number of hydrogen-bond acceptors (Lipinski definition) is 7. The highest BCUT2D eigenvalue weighted by molar-refractivity contribution is 6.03. The number of ether oxygens (including phenoxy) is 1. The van der Waals surface area contributed by atoms with Crippen LogP contribution in [0.2, 0.25) is 0 Å². The van der Waals surface area contributed by atoms with Gasteiger partial charge in [-0.2, -0.15) is 0 Å². The van der Waals surface area contributed by atoms with E-state index in [1.165, 1.54) is 10.8 Å². The second-order valence-corrected chi connectivity index (χ2v) is 11.6. The number of Topliss-reactive ketones (excluding diaryl/α,β-unsaturated/α-hetero) is 1. The maximum absolute atomic E-state index is 14.2. The lowest BCUT2D eigenvalue weighted by molar-refractivity contribution is -0.131. The number of anilines is 1. The van der Waals surface area contributed by atoms with Crippen LogP contribution in [0, 0.1) is 5.92 Å². The van der Waals surface area contributed by atoms with E-state index in [-0.39, 0.29) is 61.1 Å². The summed E-state index contributed by atoms with van der Waals surface area (Å²) >= 11 is 0. The summed E-state index contributed by atoms with van der Waals surface area (Å²) in [6.45, 7) is 2.87. The number of nitrogens with one attached hydrogen (secondary N) is 1. The Kier molecular flexibility index (Phi) is 10.9. The molecule has 5 rings (SSSR count). The molecule has 2 heterocycles. The van der Waals surface area contributed by atoms with Crippen LogP contribution in [0.25, 0.3) is 17.0 Å². The second kappa shape index (κ2) is 15.4. The van der Waals surface area contributed by atoms with Crippen LogP contribution in [-0.2, 0) is 25.7 Å². The van der Waals surface area contributed by atoms with Crippen LogP contribution in [0.4, 0.5) is 5.69 Å². The maximum Gasteiger partial charge on any atom is 0.278 e. The molecule has 1 aliphatic carbocycles. The van der Waals surface area contributed by atoms with Crippen molar-refractivity contribution in [1.29, 1.82) is 0 Å². The van der Waals surface area contributed by atoms with E-state index < -0.39 is 11.3 Å². The van der Waals surface area contributed by atoms with Crippen molar-refractivity contribution in [3.8, 4) is 11.4 Å². The molecule has 10 heteroatoms. The quantitative estimate of drug-likeness (QED) is 0.251. The van der Waals surface area contributed by atoms with E-state index >= 15 is 0 Å². The molecule has 2 aliphatic rings. The zero-order chi connectivity index (χ0) is 32.5. The first kappa shape index (κ1) is 32.6. The van der Waals surface area contributed by atoms with Crippen LogP contribution in [0.1, 0.15) is 51.0 Å². The summed E-state index contributed by atoms with van der Waals surface area (Å²) in [7, 11) is 0. The Morgan fingerprint density at radius 1 is 1.02 bits per heavy atom. The molecular weight excluding hydrogens is 584 g/mol. The molecule has 0 saturated carbocycles. The van der Waals surface area contributed by atoms with Crippen molar-refractivity contribution >= 4 is 28.9 Å². The van der Waals surface area contributed by atoms with Crippen molar-refractivity contribution in [1.82, 2.24) is 14.5 Å². The van der Waals surface area contributed by atoms with Crippen molar-refractivity contribution in [2.75, 3.05) is 31.6 Å². The number of carbonyl (C=O) groups is 3. The molecule has 1 fully saturated rings. The van der Waals surface area contributed by atoms with E-state index in [1.807, 2.05) is 48.5 Å². The van der Waals surface area contributed by atoms with Gasteiger partial charge in [0.25, 0.3) is 5.56 Å². The summed E-state index contributed by atoms with van der Waals surface area (Å²) in [5, 5.41) is 13.7. The van der Waals surface area contributed by atoms with E-state index in [0.29, 0.717) is 42.7 Å². The van der Waals surface area contributed by atoms with Gasteiger partial charge in [-0.15, -0.1) is 0 Å². The minimum absolute atomic E-state index is 0.00971. The van der Waals surface area contributed by atoms with Crippen LogP contribution < -0.4 is 10.9 Å². The normalized spacial score (nSPS) is 16.3. The van der Waals surface area contributed by atoms with Gasteiger partial charge in [-0.3, -0.25) is 23.7 Å². The number of carbonyl (C=O) groups excluding carboxylic acids is 3. The average Bonchev–Trinajstić information content (AvgIpc) is 3.63. The summed E-state index contributed by atoms with van der Waals surface area (Å²) in [5.41, 5.74) is 1.97. The summed E-state index contributed by atoms with van der Waals surface area (Å²) in [5.74, 6) is -1.55. The maximum atomic E-state index is 14.2. The number of rotatable bonds is 13. The number of hydrogen-bond donors (Lipinski definition) is 2. The highest BCUT2D eigenvalue weighted by Crippen LogP contribution is 2.31. The van der Waals surface area contributed by atoms with Gasteiger partial charge in [0.1, 0.15) is 18.1 Å². The van der Waals surface area contributed by atoms with Crippen molar-refractivity contribution in [3.63, 3.8) is 0 Å². The van der Waals surface area contributed by atoms with Crippen molar-refractivity contribution in [3.05, 3.63) is 100 Å². The first-order chi connectivity index (χ1) is 22.4. The zero-order valence-corrected chi connectivity index (χ0v) is 26.1. The Bertz CT molecular complexity index is 1670. The lowest BCUT2D eigenvalue weighted by Gasteiger charge is -2.28. The standard InChI is InChI=1S/C36H40N4O6/c1-2-3-4-11-19-39(22-29-28(16-17-31(41)33(29)43)25-12-7-5-8-13-25)32(42)23-40-34(26-14-9-6-10-15-26)37-21-30(36(40)45)38-35(44)27-18-20-46-24-27/h5-10,12-16,21,27,43H,2-4,11,17-20,22-24H2,1H3,(H,38,44). The molecule has 1 saturated heterocycles. The van der Waals surface area contributed by atoms with E-state index in [4.69, 9.17) is 4.74 Å². The molecule has 10 nitrogen and oxygen atoms in total. The van der Waals surface area contributed by atoms with Crippen LogP contribution in [0.15, 0.2) is 89.1 Å². The van der Waals surface area contributed by atoms with Gasteiger partial charge >= 0.3 is 0 Å². The van der Waals surface area contributed by atoms with Crippen LogP contribution in [-0.4, -0.2) is 63.5 Å². The third-order valence-electron chi connectivity index (χ3n) is 8.37. The molecule has 0 radical (unpaired) electrons. The Balaban J connectivity index is 1.48. The number of aromatic nitrogens is 2. The Morgan fingerprint density at radius 3 is 2.41 bits per heavy atom. The van der Waals surface area contributed by atoms with Crippen molar-refractivity contribution in [2.24, 2.45) is 5.92 Å². The van der Waals surface area contributed by atoms with E-state index in [9.17, 15) is 24.3 Å². The van der Waals surface area contributed by atoms with Gasteiger partial charge in [0, 0.05) is 30.7 Å². The number of unbranched alkanes of at least 4 members (excludes halogenated alkanes) is 3. The molecule has 0 spiro atoms. The number of ketones is 1. The molecule has 1 aliphatic heterocycles. The molecule has 2 aromatic carbocycles. The molecular formula is C36H40N4O6. The first-order valence-corrected chi connectivity index (χ1v) is 15.9. The smallest absolute Gasteiger partial charge is 0.278 e. The molecule has 2 amide bonds. The average molecular weight is 625 g/mol. The number of amides is 2. The molecule has 0 bridgehead atoms. The summed E-state index contributed by atoms with van der Waals surface area (Å²) < 4.78 is 6.61. The van der Waals surface area contributed by atoms with E-state index in [1.54, 1.807) is 23.1 Å². The Labute approximate surface area is 268 Å². The number of aliphatic hydroxyl groups excluding tert-OH is 1. The number of allylic oxidation sites excluding steroid dienone is 2. The summed E-state index contributed by atoms with van der Waals surface area (Å²) in [4.78, 5) is 59.7. The highest BCUT2D eigenvalue weighted by Gasteiger charge is 2.28. The van der Waals surface area contributed by atoms with Gasteiger partial charge < -0.3 is 20.1 Å². The predicted molar refractivity (Wildman–Crippen MR) is 176 cm³/mol. The lowest BCUT2D eigenvalue weighted by atomic mass is 9.89. The summed E-state index contributed by atoms with van der Waals surface area (Å²) in [6, 6.07) is 18.5. The fourth-order valence-corrected chi connectivity index (χ4v) is 5.75. The minimum atomic E-state index is -0.555. The Hall–Kier alpha value is -4.83. The molecule has 1 aromatic heterocycles. The molecule has 2 N–H and O–H groups in total. The second-order valence-electron chi connectivity index (χ2n) is 11.6. The van der Waals surface area contributed by atoms with Crippen LogP contribution >= 0.6 is 0 Å². The van der Waals surface area contributed by atoms with Gasteiger partial charge in [-0.1, -0.05) is 92.9 Å². The monoisotopic (exact) mass is 624 g/mol. The minimum Gasteiger partial charge on any atom is -0.504 e. The van der Waals surface area contributed by atoms with E-state index in [2.05, 4.69) is 17.2 Å². The van der Waals surface area contributed by atoms with Gasteiger partial charge in [-0.25, -0.2) is 4.98 Å². The number of benzene rings is 2. The molecule has 46 heavy (non-hydrogen) atoms. The predicted octanol–water partition coefficient (Wildman–Crippen LogP) is 5.16. The van der Waals surface area contributed by atoms with Gasteiger partial charge in [0.2, 0.25) is 17.6 Å². The molecule has 240 valence electrons. The lowest BCUT2D eigenvalue weighted by Crippen LogP contribution is -2.40. The van der Waals surface area contributed by atoms with Gasteiger partial charge in [-0.05, 0) is 24.0 Å². The largest absolute Gasteiger partial charge is 0.504 e. The summed E-state index contributed by atoms with van der Waals surface area (Å²) in [6.07, 6.45) is 7.37. The van der Waals surface area contributed by atoms with Crippen LogP contribution in [0.5, 0.6) is 0 Å². The first-order valence-electron chi connectivity index (χ1n) is 15.9. The fraction of sp³-hybridized carbons (Fsp3) is 0.361. The topological polar surface area (TPSA) is 131 Å². The van der Waals surface area contributed by atoms with Crippen LogP contribution in [0.3, 0.4) is 0 Å². The number of aliphatic hydroxyl groups is 1. The number of nitrogens with zero attached hydrogens (tertiary/aromatic N) is 3. The van der Waals surface area contributed by atoms with Crippen molar-refractivity contribution in [2.45, 2.75) is 52.0 Å². The van der Waals surface area contributed by atoms with Gasteiger partial charge in [0.05, 0.1) is 25.3 Å². The Morgan fingerprint density at radius 2 is 1.74 bits per heavy atom. The molecule has 3 aromatic rings. The third-order valence-corrected chi connectivity index (χ3v) is 8.37.